The van der Waals surface area contributed by atoms with E-state index >= 15 is 0 Å². The Morgan fingerprint density at radius 3 is 1.69 bits per heavy atom. The van der Waals surface area contributed by atoms with E-state index in [0.717, 1.165) is 22.6 Å². The molecule has 67 heavy (non-hydrogen) atoms. The topological polar surface area (TPSA) is 3.24 Å². The zero-order chi connectivity index (χ0) is 44.6. The van der Waals surface area contributed by atoms with Crippen molar-refractivity contribution in [3.8, 4) is 55.6 Å². The smallest absolute Gasteiger partial charge is 0.0546 e. The minimum atomic E-state index is -0.118. The summed E-state index contributed by atoms with van der Waals surface area (Å²) in [6.07, 6.45) is 0. The first kappa shape index (κ1) is 39.3. The molecule has 1 nitrogen and oxygen atoms in total. The van der Waals surface area contributed by atoms with E-state index in [1.165, 1.54) is 103 Å². The number of thiophene rings is 1. The monoisotopic (exact) mass is 871 g/mol. The Morgan fingerprint density at radius 1 is 0.343 bits per heavy atom. The van der Waals surface area contributed by atoms with Gasteiger partial charge < -0.3 is 4.90 Å². The highest BCUT2D eigenvalue weighted by molar-refractivity contribution is 7.26. The lowest BCUT2D eigenvalue weighted by Crippen LogP contribution is -2.16. The standard InChI is InChI=1S/C65H45NS/c1-65(2)60-28-12-10-22-55(60)57-26-14-24-51(63(57)65)43-30-35-47(36-31-43)66(48-37-32-44(33-38-48)52-25-15-27-58-56-23-11-13-29-62(56)67-64(52)58)61-41-46(34-39-50(61)42-16-4-3-5-17-42)59-40-45-18-6-7-19-49(45)53-20-8-9-21-54(53)59/h3-41H,1-2H3. The molecule has 0 bridgehead atoms. The van der Waals surface area contributed by atoms with Crippen molar-refractivity contribution < 1.29 is 0 Å². The maximum atomic E-state index is 2.47. The van der Waals surface area contributed by atoms with Gasteiger partial charge in [-0.2, -0.15) is 0 Å². The molecule has 0 atom stereocenters. The third-order valence-corrected chi connectivity index (χ3v) is 15.5. The zero-order valence-electron chi connectivity index (χ0n) is 37.4. The molecular weight excluding hydrogens is 827 g/mol. The number of nitrogens with zero attached hydrogens (tertiary/aromatic N) is 1. The zero-order valence-corrected chi connectivity index (χ0v) is 38.2. The van der Waals surface area contributed by atoms with Crippen molar-refractivity contribution in [1.29, 1.82) is 0 Å². The minimum Gasteiger partial charge on any atom is -0.310 e. The second-order valence-electron chi connectivity index (χ2n) is 18.4. The summed E-state index contributed by atoms with van der Waals surface area (Å²) < 4.78 is 2.64. The largest absolute Gasteiger partial charge is 0.310 e. The van der Waals surface area contributed by atoms with Gasteiger partial charge in [-0.15, -0.1) is 11.3 Å². The third-order valence-electron chi connectivity index (χ3n) is 14.3. The number of rotatable bonds is 7. The maximum absolute atomic E-state index is 2.47. The highest BCUT2D eigenvalue weighted by Gasteiger charge is 2.37. The molecule has 11 aromatic carbocycles. The normalized spacial score (nSPS) is 12.7. The number of hydrogen-bond acceptors (Lipinski definition) is 2. The van der Waals surface area contributed by atoms with Gasteiger partial charge in [0.25, 0.3) is 0 Å². The van der Waals surface area contributed by atoms with Crippen LogP contribution in [0.15, 0.2) is 237 Å². The second kappa shape index (κ2) is 15.6. The summed E-state index contributed by atoms with van der Waals surface area (Å²) in [6.45, 7) is 4.75. The van der Waals surface area contributed by atoms with Gasteiger partial charge in [-0.3, -0.25) is 0 Å². The van der Waals surface area contributed by atoms with E-state index in [0.29, 0.717) is 0 Å². The van der Waals surface area contributed by atoms with Gasteiger partial charge in [0.1, 0.15) is 0 Å². The lowest BCUT2D eigenvalue weighted by atomic mass is 9.79. The number of fused-ring (bicyclic) bond motifs is 9. The molecule has 316 valence electrons. The average molecular weight is 872 g/mol. The highest BCUT2D eigenvalue weighted by atomic mass is 32.1. The van der Waals surface area contributed by atoms with Crippen LogP contribution in [0.3, 0.4) is 0 Å². The van der Waals surface area contributed by atoms with Crippen LogP contribution in [0.2, 0.25) is 0 Å². The van der Waals surface area contributed by atoms with Crippen molar-refractivity contribution in [2.45, 2.75) is 19.3 Å². The molecule has 0 spiro atoms. The molecule has 0 amide bonds. The molecule has 1 aliphatic carbocycles. The number of benzene rings is 11. The van der Waals surface area contributed by atoms with Crippen LogP contribution in [-0.4, -0.2) is 0 Å². The van der Waals surface area contributed by atoms with Crippen LogP contribution < -0.4 is 4.90 Å². The fraction of sp³-hybridized carbons (Fsp3) is 0.0462. The van der Waals surface area contributed by atoms with E-state index in [2.05, 4.69) is 255 Å². The summed E-state index contributed by atoms with van der Waals surface area (Å²) in [6, 6.07) is 87.7. The molecule has 1 aromatic heterocycles. The summed E-state index contributed by atoms with van der Waals surface area (Å²) in [7, 11) is 0. The fourth-order valence-corrected chi connectivity index (χ4v) is 12.3. The first-order chi connectivity index (χ1) is 33.0. The molecule has 1 aliphatic rings. The lowest BCUT2D eigenvalue weighted by Gasteiger charge is -2.29. The second-order valence-corrected chi connectivity index (χ2v) is 19.4. The Bertz CT molecular complexity index is 3880. The van der Waals surface area contributed by atoms with Crippen molar-refractivity contribution in [1.82, 2.24) is 0 Å². The van der Waals surface area contributed by atoms with Gasteiger partial charge in [0.2, 0.25) is 0 Å². The number of hydrogen-bond donors (Lipinski definition) is 0. The molecule has 12 aromatic rings. The highest BCUT2D eigenvalue weighted by Crippen LogP contribution is 2.53. The van der Waals surface area contributed by atoms with Crippen molar-refractivity contribution in [3.05, 3.63) is 248 Å². The van der Waals surface area contributed by atoms with Gasteiger partial charge in [-0.25, -0.2) is 0 Å². The molecule has 0 saturated carbocycles. The molecule has 0 saturated heterocycles. The van der Waals surface area contributed by atoms with Crippen molar-refractivity contribution in [2.75, 3.05) is 4.90 Å². The molecule has 1 heterocycles. The van der Waals surface area contributed by atoms with Crippen LogP contribution in [-0.2, 0) is 5.41 Å². The molecule has 0 fully saturated rings. The lowest BCUT2D eigenvalue weighted by molar-refractivity contribution is 0.662. The predicted molar refractivity (Wildman–Crippen MR) is 288 cm³/mol. The SMILES string of the molecule is CC1(C)c2ccccc2-c2cccc(-c3ccc(N(c4ccc(-c5cccc6c5sc5ccccc56)cc4)c4cc(-c5cc6ccccc6c6ccccc56)ccc4-c4ccccc4)cc3)c21. The van der Waals surface area contributed by atoms with Gasteiger partial charge in [-0.05, 0) is 125 Å². The Morgan fingerprint density at radius 2 is 0.896 bits per heavy atom. The van der Waals surface area contributed by atoms with E-state index in [-0.39, 0.29) is 5.41 Å². The fourth-order valence-electron chi connectivity index (χ4n) is 11.1. The summed E-state index contributed by atoms with van der Waals surface area (Å²) in [4.78, 5) is 2.47. The molecule has 0 unspecified atom stereocenters. The van der Waals surface area contributed by atoms with Crippen LogP contribution in [0.25, 0.3) is 97.4 Å². The summed E-state index contributed by atoms with van der Waals surface area (Å²) in [5.74, 6) is 0. The Balaban J connectivity index is 1.01. The van der Waals surface area contributed by atoms with E-state index in [4.69, 9.17) is 0 Å². The molecule has 0 radical (unpaired) electrons. The van der Waals surface area contributed by atoms with Crippen LogP contribution in [0, 0.1) is 0 Å². The van der Waals surface area contributed by atoms with Gasteiger partial charge >= 0.3 is 0 Å². The van der Waals surface area contributed by atoms with E-state index in [1.807, 2.05) is 11.3 Å². The maximum Gasteiger partial charge on any atom is 0.0546 e. The van der Waals surface area contributed by atoms with Gasteiger partial charge in [0.15, 0.2) is 0 Å². The van der Waals surface area contributed by atoms with E-state index in [9.17, 15) is 0 Å². The van der Waals surface area contributed by atoms with Crippen molar-refractivity contribution in [2.24, 2.45) is 0 Å². The van der Waals surface area contributed by atoms with Gasteiger partial charge in [-0.1, -0.05) is 208 Å². The van der Waals surface area contributed by atoms with Crippen molar-refractivity contribution in [3.63, 3.8) is 0 Å². The third kappa shape index (κ3) is 6.36. The molecule has 13 rings (SSSR count). The van der Waals surface area contributed by atoms with Gasteiger partial charge in [0.05, 0.1) is 5.69 Å². The summed E-state index contributed by atoms with van der Waals surface area (Å²) in [5, 5.41) is 7.64. The minimum absolute atomic E-state index is 0.118. The number of anilines is 3. The Labute approximate surface area is 395 Å². The van der Waals surface area contributed by atoms with Crippen LogP contribution in [0.4, 0.5) is 17.1 Å². The van der Waals surface area contributed by atoms with Gasteiger partial charge in [0, 0.05) is 42.5 Å². The predicted octanol–water partition coefficient (Wildman–Crippen LogP) is 18.8. The summed E-state index contributed by atoms with van der Waals surface area (Å²) >= 11 is 1.88. The molecule has 0 aliphatic heterocycles. The van der Waals surface area contributed by atoms with E-state index < -0.39 is 0 Å². The quantitative estimate of drug-likeness (QED) is 0.144. The van der Waals surface area contributed by atoms with Crippen LogP contribution in [0.5, 0.6) is 0 Å². The average Bonchev–Trinajstić information content (AvgIpc) is 3.89. The summed E-state index contributed by atoms with van der Waals surface area (Å²) in [5.41, 5.74) is 18.3. The Kier molecular flexibility index (Phi) is 9.13. The van der Waals surface area contributed by atoms with Crippen LogP contribution >= 0.6 is 11.3 Å². The first-order valence-corrected chi connectivity index (χ1v) is 24.1. The Hall–Kier alpha value is -8.04. The molecular formula is C65H45NS. The van der Waals surface area contributed by atoms with E-state index in [1.54, 1.807) is 0 Å². The van der Waals surface area contributed by atoms with Crippen LogP contribution in [0.1, 0.15) is 25.0 Å². The molecule has 2 heteroatoms. The first-order valence-electron chi connectivity index (χ1n) is 23.2. The molecule has 0 N–H and O–H groups in total. The van der Waals surface area contributed by atoms with Crippen molar-refractivity contribution >= 4 is 70.1 Å².